The molecule has 0 amide bonds. The minimum absolute atomic E-state index is 0.493. The molecule has 0 aliphatic carbocycles. The number of hydrogen-bond donors (Lipinski definition) is 0. The molecule has 2 aromatic carbocycles. The van der Waals surface area contributed by atoms with Gasteiger partial charge in [-0.05, 0) is 11.1 Å². The van der Waals surface area contributed by atoms with E-state index >= 15 is 0 Å². The average Bonchev–Trinajstić information content (AvgIpc) is 2.52. The fourth-order valence-corrected chi connectivity index (χ4v) is 2.45. The Balaban J connectivity index is 1.77. The molecule has 0 saturated heterocycles. The molecule has 0 radical (unpaired) electrons. The number of benzene rings is 2. The van der Waals surface area contributed by atoms with Gasteiger partial charge in [0.25, 0.3) is 0 Å². The van der Waals surface area contributed by atoms with Crippen LogP contribution >= 0.6 is 11.6 Å². The molecular weight excluding hydrogens is 280 g/mol. The zero-order chi connectivity index (χ0) is 14.5. The molecule has 0 spiro atoms. The van der Waals surface area contributed by atoms with E-state index in [1.807, 2.05) is 42.6 Å². The molecule has 2 nitrogen and oxygen atoms in total. The SMILES string of the molecule is Clc1nc(Cc2ccccc2)cnc1Cc1ccccc1. The van der Waals surface area contributed by atoms with Crippen molar-refractivity contribution in [3.8, 4) is 0 Å². The second kappa shape index (κ2) is 6.51. The highest BCUT2D eigenvalue weighted by Gasteiger charge is 2.07. The number of hydrogen-bond acceptors (Lipinski definition) is 2. The van der Waals surface area contributed by atoms with Crippen LogP contribution in [-0.2, 0) is 12.8 Å². The summed E-state index contributed by atoms with van der Waals surface area (Å²) in [7, 11) is 0. The van der Waals surface area contributed by atoms with Gasteiger partial charge in [-0.3, -0.25) is 4.98 Å². The lowest BCUT2D eigenvalue weighted by Crippen LogP contribution is -2.00. The first-order valence-electron chi connectivity index (χ1n) is 6.89. The highest BCUT2D eigenvalue weighted by molar-refractivity contribution is 6.30. The van der Waals surface area contributed by atoms with E-state index < -0.39 is 0 Å². The molecule has 0 fully saturated rings. The van der Waals surface area contributed by atoms with Crippen LogP contribution in [0.4, 0.5) is 0 Å². The fourth-order valence-electron chi connectivity index (χ4n) is 2.22. The van der Waals surface area contributed by atoms with E-state index in [1.165, 1.54) is 11.1 Å². The van der Waals surface area contributed by atoms with Crippen molar-refractivity contribution in [2.45, 2.75) is 12.8 Å². The van der Waals surface area contributed by atoms with Crippen LogP contribution in [0.2, 0.25) is 5.15 Å². The molecule has 0 N–H and O–H groups in total. The molecule has 0 aliphatic rings. The molecule has 3 aromatic rings. The second-order valence-electron chi connectivity index (χ2n) is 4.92. The van der Waals surface area contributed by atoms with E-state index in [9.17, 15) is 0 Å². The van der Waals surface area contributed by atoms with Gasteiger partial charge in [-0.1, -0.05) is 72.3 Å². The molecule has 3 heteroatoms. The van der Waals surface area contributed by atoms with Crippen molar-refractivity contribution in [3.05, 3.63) is 94.5 Å². The third kappa shape index (κ3) is 3.67. The minimum Gasteiger partial charge on any atom is -0.256 e. The summed E-state index contributed by atoms with van der Waals surface area (Å²) in [5.74, 6) is 0. The van der Waals surface area contributed by atoms with Gasteiger partial charge in [0.15, 0.2) is 5.15 Å². The van der Waals surface area contributed by atoms with E-state index in [2.05, 4.69) is 34.2 Å². The van der Waals surface area contributed by atoms with E-state index in [1.54, 1.807) is 0 Å². The van der Waals surface area contributed by atoms with Crippen LogP contribution < -0.4 is 0 Å². The van der Waals surface area contributed by atoms with Crippen LogP contribution in [0.15, 0.2) is 66.9 Å². The maximum absolute atomic E-state index is 6.27. The van der Waals surface area contributed by atoms with Gasteiger partial charge < -0.3 is 0 Å². The summed E-state index contributed by atoms with van der Waals surface area (Å²) >= 11 is 6.27. The van der Waals surface area contributed by atoms with Gasteiger partial charge in [0.2, 0.25) is 0 Å². The summed E-state index contributed by atoms with van der Waals surface area (Å²) in [5.41, 5.74) is 4.10. The largest absolute Gasteiger partial charge is 0.256 e. The molecular formula is C18H15ClN2. The average molecular weight is 295 g/mol. The number of halogens is 1. The zero-order valence-electron chi connectivity index (χ0n) is 11.5. The molecule has 21 heavy (non-hydrogen) atoms. The van der Waals surface area contributed by atoms with Gasteiger partial charge >= 0.3 is 0 Å². The molecule has 0 atom stereocenters. The first kappa shape index (κ1) is 13.8. The van der Waals surface area contributed by atoms with Crippen LogP contribution in [0.1, 0.15) is 22.5 Å². The van der Waals surface area contributed by atoms with E-state index in [-0.39, 0.29) is 0 Å². The number of nitrogens with zero attached hydrogens (tertiary/aromatic N) is 2. The van der Waals surface area contributed by atoms with Crippen molar-refractivity contribution in [3.63, 3.8) is 0 Å². The monoisotopic (exact) mass is 294 g/mol. The van der Waals surface area contributed by atoms with E-state index in [0.29, 0.717) is 11.6 Å². The molecule has 0 aliphatic heterocycles. The molecule has 0 unspecified atom stereocenters. The molecule has 1 heterocycles. The minimum atomic E-state index is 0.493. The molecule has 1 aromatic heterocycles. The summed E-state index contributed by atoms with van der Waals surface area (Å²) < 4.78 is 0. The Kier molecular flexibility index (Phi) is 4.27. The Morgan fingerprint density at radius 1 is 0.762 bits per heavy atom. The van der Waals surface area contributed by atoms with Crippen LogP contribution in [0.5, 0.6) is 0 Å². The third-order valence-corrected chi connectivity index (χ3v) is 3.59. The van der Waals surface area contributed by atoms with Crippen LogP contribution in [0.3, 0.4) is 0 Å². The van der Waals surface area contributed by atoms with Crippen molar-refractivity contribution in [2.75, 3.05) is 0 Å². The highest BCUT2D eigenvalue weighted by Crippen LogP contribution is 2.17. The zero-order valence-corrected chi connectivity index (χ0v) is 12.3. The summed E-state index contributed by atoms with van der Waals surface area (Å²) in [6, 6.07) is 20.4. The third-order valence-electron chi connectivity index (χ3n) is 3.29. The number of rotatable bonds is 4. The lowest BCUT2D eigenvalue weighted by Gasteiger charge is -2.06. The van der Waals surface area contributed by atoms with E-state index in [4.69, 9.17) is 11.6 Å². The summed E-state index contributed by atoms with van der Waals surface area (Å²) in [6.07, 6.45) is 3.27. The summed E-state index contributed by atoms with van der Waals surface area (Å²) in [6.45, 7) is 0. The molecule has 0 saturated carbocycles. The second-order valence-corrected chi connectivity index (χ2v) is 5.28. The standard InChI is InChI=1S/C18H15ClN2/c19-18-17(12-15-9-5-2-6-10-15)20-13-16(21-18)11-14-7-3-1-4-8-14/h1-10,13H,11-12H2. The van der Waals surface area contributed by atoms with Gasteiger partial charge in [-0.25, -0.2) is 4.98 Å². The Bertz CT molecular complexity index is 712. The van der Waals surface area contributed by atoms with Crippen molar-refractivity contribution in [1.29, 1.82) is 0 Å². The van der Waals surface area contributed by atoms with Crippen molar-refractivity contribution in [2.24, 2.45) is 0 Å². The predicted molar refractivity (Wildman–Crippen MR) is 85.5 cm³/mol. The topological polar surface area (TPSA) is 25.8 Å². The summed E-state index contributed by atoms with van der Waals surface area (Å²) in [4.78, 5) is 8.94. The van der Waals surface area contributed by atoms with Crippen molar-refractivity contribution < 1.29 is 0 Å². The highest BCUT2D eigenvalue weighted by atomic mass is 35.5. The smallest absolute Gasteiger partial charge is 0.151 e. The Labute approximate surface area is 129 Å². The maximum atomic E-state index is 6.27. The first-order valence-corrected chi connectivity index (χ1v) is 7.27. The molecule has 3 rings (SSSR count). The quantitative estimate of drug-likeness (QED) is 0.716. The fraction of sp³-hybridized carbons (Fsp3) is 0.111. The van der Waals surface area contributed by atoms with Gasteiger partial charge in [-0.15, -0.1) is 0 Å². The summed E-state index contributed by atoms with van der Waals surface area (Å²) in [5, 5.41) is 0.493. The van der Waals surface area contributed by atoms with Crippen molar-refractivity contribution >= 4 is 11.6 Å². The Morgan fingerprint density at radius 3 is 1.90 bits per heavy atom. The van der Waals surface area contributed by atoms with Gasteiger partial charge in [-0.2, -0.15) is 0 Å². The van der Waals surface area contributed by atoms with Crippen molar-refractivity contribution in [1.82, 2.24) is 9.97 Å². The molecule has 104 valence electrons. The van der Waals surface area contributed by atoms with Gasteiger partial charge in [0, 0.05) is 19.0 Å². The normalized spacial score (nSPS) is 10.5. The first-order chi connectivity index (χ1) is 10.3. The maximum Gasteiger partial charge on any atom is 0.151 e. The van der Waals surface area contributed by atoms with Gasteiger partial charge in [0.05, 0.1) is 11.4 Å². The Hall–Kier alpha value is -2.19. The van der Waals surface area contributed by atoms with Crippen LogP contribution in [0.25, 0.3) is 0 Å². The molecule has 0 bridgehead atoms. The van der Waals surface area contributed by atoms with Crippen LogP contribution in [0, 0.1) is 0 Å². The number of aromatic nitrogens is 2. The lowest BCUT2D eigenvalue weighted by molar-refractivity contribution is 0.967. The van der Waals surface area contributed by atoms with E-state index in [0.717, 1.165) is 17.8 Å². The van der Waals surface area contributed by atoms with Crippen LogP contribution in [-0.4, -0.2) is 9.97 Å². The predicted octanol–water partition coefficient (Wildman–Crippen LogP) is 4.31. The lowest BCUT2D eigenvalue weighted by atomic mass is 10.1. The Morgan fingerprint density at radius 2 is 1.33 bits per heavy atom. The van der Waals surface area contributed by atoms with Gasteiger partial charge in [0.1, 0.15) is 0 Å².